The lowest BCUT2D eigenvalue weighted by Crippen LogP contribution is -2.49. The van der Waals surface area contributed by atoms with Crippen molar-refractivity contribution in [2.24, 2.45) is 4.99 Å². The maximum Gasteiger partial charge on any atom is 0.193 e. The summed E-state index contributed by atoms with van der Waals surface area (Å²) in [6.07, 6.45) is 7.11. The van der Waals surface area contributed by atoms with Crippen LogP contribution >= 0.6 is 35.6 Å². The van der Waals surface area contributed by atoms with Crippen molar-refractivity contribution in [1.29, 1.82) is 0 Å². The molecule has 2 aliphatic heterocycles. The fourth-order valence-corrected chi connectivity index (χ4v) is 4.12. The molecule has 2 saturated heterocycles. The third-order valence-electron chi connectivity index (χ3n) is 5.82. The minimum Gasteiger partial charge on any atom is -0.487 e. The lowest BCUT2D eigenvalue weighted by atomic mass is 10.1. The normalized spacial score (nSPS) is 21.3. The molecule has 2 atom stereocenters. The van der Waals surface area contributed by atoms with Gasteiger partial charge in [-0.2, -0.15) is 0 Å². The molecule has 176 valence electrons. The van der Waals surface area contributed by atoms with Crippen LogP contribution in [0.3, 0.4) is 0 Å². The van der Waals surface area contributed by atoms with Crippen LogP contribution in [0.5, 0.6) is 5.75 Å². The molecule has 1 N–H and O–H groups in total. The van der Waals surface area contributed by atoms with Crippen LogP contribution in [0.4, 0.5) is 0 Å². The topological polar surface area (TPSA) is 55.3 Å². The zero-order chi connectivity index (χ0) is 21.2. The molecule has 0 aliphatic carbocycles. The number of ether oxygens (including phenoxy) is 3. The summed E-state index contributed by atoms with van der Waals surface area (Å²) in [5, 5.41) is 4.12. The molecular weight excluding hydrogens is 529 g/mol. The van der Waals surface area contributed by atoms with E-state index in [1.54, 1.807) is 0 Å². The van der Waals surface area contributed by atoms with Gasteiger partial charge in [-0.05, 0) is 50.7 Å². The Morgan fingerprint density at radius 1 is 1.26 bits per heavy atom. The van der Waals surface area contributed by atoms with Gasteiger partial charge in [0.15, 0.2) is 5.96 Å². The van der Waals surface area contributed by atoms with Crippen LogP contribution < -0.4 is 10.1 Å². The van der Waals surface area contributed by atoms with Crippen LogP contribution in [0.15, 0.2) is 29.3 Å². The maximum atomic E-state index is 6.23. The minimum atomic E-state index is 0. The first kappa shape index (κ1) is 26.5. The standard InChI is InChI=1S/C23H36ClN3O3.HI/c1-3-18(30-22-10-5-4-9-21(22)24)16-26-23(25-2)27-13-11-19(12-14-27)29-17-20-8-6-7-15-28-20;/h4-5,9-10,18-20H,3,6-8,11-17H2,1-2H3,(H,25,26);1H. The number of rotatable bonds is 8. The number of halogens is 2. The molecule has 0 saturated carbocycles. The molecule has 0 spiro atoms. The smallest absolute Gasteiger partial charge is 0.193 e. The number of para-hydroxylation sites is 1. The highest BCUT2D eigenvalue weighted by Crippen LogP contribution is 2.24. The Hall–Kier alpha value is -0.770. The van der Waals surface area contributed by atoms with Gasteiger partial charge in [-0.25, -0.2) is 0 Å². The van der Waals surface area contributed by atoms with Crippen LogP contribution in [-0.4, -0.2) is 69.1 Å². The Balaban J connectivity index is 0.00000341. The number of likely N-dealkylation sites (tertiary alicyclic amines) is 1. The van der Waals surface area contributed by atoms with Gasteiger partial charge in [0.2, 0.25) is 0 Å². The van der Waals surface area contributed by atoms with E-state index in [4.69, 9.17) is 25.8 Å². The van der Waals surface area contributed by atoms with Crippen molar-refractivity contribution in [2.75, 3.05) is 39.9 Å². The third-order valence-corrected chi connectivity index (χ3v) is 6.13. The molecule has 2 aliphatic rings. The molecule has 0 radical (unpaired) electrons. The van der Waals surface area contributed by atoms with E-state index < -0.39 is 0 Å². The Morgan fingerprint density at radius 3 is 2.68 bits per heavy atom. The number of hydrogen-bond acceptors (Lipinski definition) is 4. The number of nitrogens with one attached hydrogen (secondary N) is 1. The molecular formula is C23H37ClIN3O3. The number of hydrogen-bond donors (Lipinski definition) is 1. The summed E-state index contributed by atoms with van der Waals surface area (Å²) in [7, 11) is 1.83. The van der Waals surface area contributed by atoms with Crippen LogP contribution in [0.25, 0.3) is 0 Å². The molecule has 3 rings (SSSR count). The summed E-state index contributed by atoms with van der Waals surface area (Å²) in [4.78, 5) is 6.78. The number of benzene rings is 1. The van der Waals surface area contributed by atoms with Gasteiger partial charge in [0.1, 0.15) is 11.9 Å². The van der Waals surface area contributed by atoms with E-state index in [1.165, 1.54) is 12.8 Å². The molecule has 31 heavy (non-hydrogen) atoms. The second-order valence-electron chi connectivity index (χ2n) is 8.01. The molecule has 2 heterocycles. The Labute approximate surface area is 209 Å². The first-order valence-corrected chi connectivity index (χ1v) is 11.7. The highest BCUT2D eigenvalue weighted by Gasteiger charge is 2.24. The van der Waals surface area contributed by atoms with Gasteiger partial charge < -0.3 is 24.4 Å². The number of guanidine groups is 1. The van der Waals surface area contributed by atoms with Gasteiger partial charge in [-0.1, -0.05) is 30.7 Å². The largest absolute Gasteiger partial charge is 0.487 e. The van der Waals surface area contributed by atoms with Gasteiger partial charge in [0, 0.05) is 26.7 Å². The monoisotopic (exact) mass is 565 g/mol. The molecule has 0 aromatic heterocycles. The number of piperidine rings is 1. The lowest BCUT2D eigenvalue weighted by Gasteiger charge is -2.35. The highest BCUT2D eigenvalue weighted by molar-refractivity contribution is 14.0. The van der Waals surface area contributed by atoms with Crippen LogP contribution in [0, 0.1) is 0 Å². The Morgan fingerprint density at radius 2 is 2.03 bits per heavy atom. The van der Waals surface area contributed by atoms with Crippen LogP contribution in [0.2, 0.25) is 5.02 Å². The fraction of sp³-hybridized carbons (Fsp3) is 0.696. The number of aliphatic imine (C=N–C) groups is 1. The molecule has 6 nitrogen and oxygen atoms in total. The van der Waals surface area contributed by atoms with E-state index in [0.717, 1.165) is 63.7 Å². The Kier molecular flexibility index (Phi) is 12.3. The summed E-state index contributed by atoms with van der Waals surface area (Å²) in [6.45, 7) is 6.30. The van der Waals surface area contributed by atoms with Gasteiger partial charge in [0.05, 0.1) is 30.4 Å². The quantitative estimate of drug-likeness (QED) is 0.280. The predicted octanol–water partition coefficient (Wildman–Crippen LogP) is 4.74. The maximum absolute atomic E-state index is 6.23. The van der Waals surface area contributed by atoms with Gasteiger partial charge >= 0.3 is 0 Å². The summed E-state index contributed by atoms with van der Waals surface area (Å²) in [5.74, 6) is 1.65. The van der Waals surface area contributed by atoms with E-state index in [-0.39, 0.29) is 36.2 Å². The van der Waals surface area contributed by atoms with E-state index in [2.05, 4.69) is 22.1 Å². The second kappa shape index (κ2) is 14.4. The van der Waals surface area contributed by atoms with Crippen molar-refractivity contribution in [2.45, 2.75) is 63.8 Å². The zero-order valence-corrected chi connectivity index (χ0v) is 21.8. The summed E-state index contributed by atoms with van der Waals surface area (Å²) < 4.78 is 18.0. The highest BCUT2D eigenvalue weighted by atomic mass is 127. The van der Waals surface area contributed by atoms with E-state index in [0.29, 0.717) is 17.7 Å². The van der Waals surface area contributed by atoms with Crippen LogP contribution in [-0.2, 0) is 9.47 Å². The van der Waals surface area contributed by atoms with E-state index >= 15 is 0 Å². The predicted molar refractivity (Wildman–Crippen MR) is 137 cm³/mol. The zero-order valence-electron chi connectivity index (χ0n) is 18.7. The van der Waals surface area contributed by atoms with Gasteiger partial charge in [-0.3, -0.25) is 4.99 Å². The molecule has 0 amide bonds. The van der Waals surface area contributed by atoms with Gasteiger partial charge in [0.25, 0.3) is 0 Å². The van der Waals surface area contributed by atoms with Gasteiger partial charge in [-0.15, -0.1) is 24.0 Å². The first-order valence-electron chi connectivity index (χ1n) is 11.3. The molecule has 8 heteroatoms. The Bertz CT molecular complexity index is 665. The molecule has 0 bridgehead atoms. The van der Waals surface area contributed by atoms with Crippen molar-refractivity contribution in [1.82, 2.24) is 10.2 Å². The molecule has 2 unspecified atom stereocenters. The van der Waals surface area contributed by atoms with Crippen molar-refractivity contribution >= 4 is 41.5 Å². The SMILES string of the molecule is CCC(CNC(=NC)N1CCC(OCC2CCCCO2)CC1)Oc1ccccc1Cl.I. The molecule has 2 fully saturated rings. The average molecular weight is 566 g/mol. The van der Waals surface area contributed by atoms with E-state index in [9.17, 15) is 0 Å². The lowest BCUT2D eigenvalue weighted by molar-refractivity contribution is -0.0721. The average Bonchev–Trinajstić information content (AvgIpc) is 2.80. The fourth-order valence-electron chi connectivity index (χ4n) is 3.94. The minimum absolute atomic E-state index is 0. The second-order valence-corrected chi connectivity index (χ2v) is 8.42. The molecule has 1 aromatic rings. The van der Waals surface area contributed by atoms with Crippen LogP contribution in [0.1, 0.15) is 45.4 Å². The summed E-state index contributed by atoms with van der Waals surface area (Å²) >= 11 is 6.23. The summed E-state index contributed by atoms with van der Waals surface area (Å²) in [5.41, 5.74) is 0. The number of nitrogens with zero attached hydrogens (tertiary/aromatic N) is 2. The third kappa shape index (κ3) is 8.59. The summed E-state index contributed by atoms with van der Waals surface area (Å²) in [6, 6.07) is 7.60. The van der Waals surface area contributed by atoms with Crippen molar-refractivity contribution in [3.05, 3.63) is 29.3 Å². The van der Waals surface area contributed by atoms with E-state index in [1.807, 2.05) is 31.3 Å². The molecule has 1 aromatic carbocycles. The van der Waals surface area contributed by atoms with Crippen molar-refractivity contribution in [3.63, 3.8) is 0 Å². The van der Waals surface area contributed by atoms with Crippen molar-refractivity contribution in [3.8, 4) is 5.75 Å². The first-order chi connectivity index (χ1) is 14.7. The van der Waals surface area contributed by atoms with Crippen molar-refractivity contribution < 1.29 is 14.2 Å².